The first kappa shape index (κ1) is 27.0. The zero-order valence-corrected chi connectivity index (χ0v) is 22.1. The van der Waals surface area contributed by atoms with E-state index in [1.807, 2.05) is 97.1 Å². The van der Waals surface area contributed by atoms with Crippen LogP contribution >= 0.6 is 11.6 Å². The average molecular weight is 527 g/mol. The summed E-state index contributed by atoms with van der Waals surface area (Å²) in [6.07, 6.45) is 0.846. The molecule has 0 aliphatic heterocycles. The second-order valence-electron chi connectivity index (χ2n) is 9.01. The molecule has 0 aliphatic rings. The predicted molar refractivity (Wildman–Crippen MR) is 151 cm³/mol. The van der Waals surface area contributed by atoms with Gasteiger partial charge in [-0.2, -0.15) is 0 Å². The molecule has 0 heterocycles. The Bertz CT molecular complexity index is 1310. The fraction of sp³-hybridized carbons (Fsp3) is 0.188. The molecule has 0 saturated carbocycles. The van der Waals surface area contributed by atoms with Crippen LogP contribution in [0, 0.1) is 0 Å². The molecule has 1 atom stereocenters. The summed E-state index contributed by atoms with van der Waals surface area (Å²) in [6.45, 7) is 0.732. The molecule has 0 fully saturated rings. The highest BCUT2D eigenvalue weighted by atomic mass is 35.5. The minimum atomic E-state index is -0.797. The highest BCUT2D eigenvalue weighted by Crippen LogP contribution is 2.26. The number of nitrogens with zero attached hydrogens (tertiary/aromatic N) is 1. The van der Waals surface area contributed by atoms with Crippen molar-refractivity contribution >= 4 is 23.4 Å². The molecule has 1 N–H and O–H groups in total. The molecule has 38 heavy (non-hydrogen) atoms. The second-order valence-corrected chi connectivity index (χ2v) is 9.45. The molecular weight excluding hydrogens is 496 g/mol. The molecule has 0 unspecified atom stereocenters. The normalized spacial score (nSPS) is 11.4. The average Bonchev–Trinajstić information content (AvgIpc) is 2.95. The molecule has 194 valence electrons. The highest BCUT2D eigenvalue weighted by Gasteiger charge is 2.31. The third-order valence-electron chi connectivity index (χ3n) is 6.33. The van der Waals surface area contributed by atoms with E-state index in [0.29, 0.717) is 18.0 Å². The first-order chi connectivity index (χ1) is 18.5. The first-order valence-electron chi connectivity index (χ1n) is 12.6. The van der Waals surface area contributed by atoms with Gasteiger partial charge in [-0.25, -0.2) is 0 Å². The van der Waals surface area contributed by atoms with Crippen LogP contribution in [0.5, 0.6) is 5.75 Å². The minimum Gasteiger partial charge on any atom is -0.497 e. The lowest BCUT2D eigenvalue weighted by atomic mass is 10.0. The summed E-state index contributed by atoms with van der Waals surface area (Å²) < 4.78 is 5.29. The van der Waals surface area contributed by atoms with E-state index in [9.17, 15) is 9.59 Å². The van der Waals surface area contributed by atoms with Gasteiger partial charge in [-0.15, -0.1) is 0 Å². The summed E-state index contributed by atoms with van der Waals surface area (Å²) in [5.41, 5.74) is 3.62. The lowest BCUT2D eigenvalue weighted by Gasteiger charge is -2.32. The van der Waals surface area contributed by atoms with E-state index in [1.54, 1.807) is 24.1 Å². The molecule has 0 aliphatic carbocycles. The molecule has 2 amide bonds. The predicted octanol–water partition coefficient (Wildman–Crippen LogP) is 6.02. The Labute approximate surface area is 229 Å². The highest BCUT2D eigenvalue weighted by molar-refractivity contribution is 6.30. The second kappa shape index (κ2) is 13.5. The molecular formula is C32H31ClN2O3. The summed E-state index contributed by atoms with van der Waals surface area (Å²) >= 11 is 6.05. The van der Waals surface area contributed by atoms with E-state index in [2.05, 4.69) is 5.32 Å². The van der Waals surface area contributed by atoms with Crippen molar-refractivity contribution in [2.24, 2.45) is 0 Å². The van der Waals surface area contributed by atoms with E-state index >= 15 is 0 Å². The number of carbonyl (C=O) groups excluding carboxylic acids is 2. The maximum Gasteiger partial charge on any atom is 0.247 e. The first-order valence-corrected chi connectivity index (χ1v) is 12.9. The van der Waals surface area contributed by atoms with Gasteiger partial charge in [-0.1, -0.05) is 96.5 Å². The summed E-state index contributed by atoms with van der Waals surface area (Å²) in [5.74, 6) is 0.353. The van der Waals surface area contributed by atoms with Gasteiger partial charge in [0.1, 0.15) is 11.8 Å². The molecule has 5 nitrogen and oxygen atoms in total. The SMILES string of the molecule is COc1ccc(CN(C(=O)Cc2ccc(Cl)cc2)[C@H](C(=O)NCCc2ccccc2)c2ccccc2)cc1. The van der Waals surface area contributed by atoms with Crippen LogP contribution in [0.2, 0.25) is 5.02 Å². The number of halogens is 1. The van der Waals surface area contributed by atoms with Crippen LogP contribution < -0.4 is 10.1 Å². The van der Waals surface area contributed by atoms with Crippen LogP contribution in [0.3, 0.4) is 0 Å². The van der Waals surface area contributed by atoms with Gasteiger partial charge >= 0.3 is 0 Å². The zero-order valence-electron chi connectivity index (χ0n) is 21.3. The quantitative estimate of drug-likeness (QED) is 0.260. The number of carbonyl (C=O) groups is 2. The number of amides is 2. The van der Waals surface area contributed by atoms with Crippen LogP contribution in [-0.2, 0) is 29.0 Å². The number of nitrogens with one attached hydrogen (secondary N) is 1. The Morgan fingerprint density at radius 3 is 2.03 bits per heavy atom. The van der Waals surface area contributed by atoms with Crippen LogP contribution in [0.15, 0.2) is 109 Å². The lowest BCUT2D eigenvalue weighted by molar-refractivity contribution is -0.141. The fourth-order valence-corrected chi connectivity index (χ4v) is 4.44. The Hall–Kier alpha value is -4.09. The van der Waals surface area contributed by atoms with Crippen LogP contribution in [-0.4, -0.2) is 30.4 Å². The Morgan fingerprint density at radius 2 is 1.39 bits per heavy atom. The van der Waals surface area contributed by atoms with Crippen molar-refractivity contribution in [2.75, 3.05) is 13.7 Å². The van der Waals surface area contributed by atoms with Gasteiger partial charge < -0.3 is 15.0 Å². The van der Waals surface area contributed by atoms with E-state index < -0.39 is 6.04 Å². The van der Waals surface area contributed by atoms with Gasteiger partial charge in [-0.05, 0) is 52.9 Å². The van der Waals surface area contributed by atoms with Gasteiger partial charge in [0.15, 0.2) is 0 Å². The van der Waals surface area contributed by atoms with Crippen molar-refractivity contribution in [3.05, 3.63) is 136 Å². The maximum atomic E-state index is 13.8. The van der Waals surface area contributed by atoms with Crippen molar-refractivity contribution in [3.63, 3.8) is 0 Å². The number of rotatable bonds is 11. The third-order valence-corrected chi connectivity index (χ3v) is 6.58. The third kappa shape index (κ3) is 7.46. The molecule has 6 heteroatoms. The Balaban J connectivity index is 1.62. The number of ether oxygens (including phenoxy) is 1. The maximum absolute atomic E-state index is 13.8. The van der Waals surface area contributed by atoms with Crippen molar-refractivity contribution in [1.29, 1.82) is 0 Å². The molecule has 0 saturated heterocycles. The van der Waals surface area contributed by atoms with Gasteiger partial charge in [0.25, 0.3) is 0 Å². The molecule has 0 radical (unpaired) electrons. The number of methoxy groups -OCH3 is 1. The lowest BCUT2D eigenvalue weighted by Crippen LogP contribution is -2.44. The molecule has 0 aromatic heterocycles. The summed E-state index contributed by atoms with van der Waals surface area (Å²) in [5, 5.41) is 3.68. The fourth-order valence-electron chi connectivity index (χ4n) is 4.31. The number of benzene rings is 4. The molecule has 0 bridgehead atoms. The molecule has 4 aromatic carbocycles. The Morgan fingerprint density at radius 1 is 0.789 bits per heavy atom. The largest absolute Gasteiger partial charge is 0.497 e. The van der Waals surface area contributed by atoms with Gasteiger partial charge in [0.2, 0.25) is 11.8 Å². The van der Waals surface area contributed by atoms with Crippen LogP contribution in [0.1, 0.15) is 28.3 Å². The standard InChI is InChI=1S/C32H31ClN2O3/c1-38-29-18-14-26(15-19-29)23-35(30(36)22-25-12-16-28(33)17-13-25)31(27-10-6-3-7-11-27)32(37)34-21-20-24-8-4-2-5-9-24/h2-19,31H,20-23H2,1H3,(H,34,37)/t31-/m0/s1. The van der Waals surface area contributed by atoms with E-state index in [4.69, 9.17) is 16.3 Å². The topological polar surface area (TPSA) is 58.6 Å². The number of hydrogen-bond donors (Lipinski definition) is 1. The summed E-state index contributed by atoms with van der Waals surface area (Å²) in [4.78, 5) is 29.2. The van der Waals surface area contributed by atoms with Crippen molar-refractivity contribution < 1.29 is 14.3 Å². The molecule has 0 spiro atoms. The monoisotopic (exact) mass is 526 g/mol. The smallest absolute Gasteiger partial charge is 0.247 e. The summed E-state index contributed by atoms with van der Waals surface area (Å²) in [7, 11) is 1.61. The van der Waals surface area contributed by atoms with Gasteiger partial charge in [0, 0.05) is 18.1 Å². The van der Waals surface area contributed by atoms with E-state index in [0.717, 1.165) is 28.0 Å². The van der Waals surface area contributed by atoms with Gasteiger partial charge in [0.05, 0.1) is 13.5 Å². The minimum absolute atomic E-state index is 0.147. The molecule has 4 aromatic rings. The van der Waals surface area contributed by atoms with Crippen LogP contribution in [0.4, 0.5) is 0 Å². The zero-order chi connectivity index (χ0) is 26.7. The van der Waals surface area contributed by atoms with Crippen molar-refractivity contribution in [3.8, 4) is 5.75 Å². The summed E-state index contributed by atoms with van der Waals surface area (Å²) in [6, 6.07) is 33.4. The van der Waals surface area contributed by atoms with Gasteiger partial charge in [-0.3, -0.25) is 9.59 Å². The van der Waals surface area contributed by atoms with Crippen LogP contribution in [0.25, 0.3) is 0 Å². The van der Waals surface area contributed by atoms with Crippen molar-refractivity contribution in [1.82, 2.24) is 10.2 Å². The van der Waals surface area contributed by atoms with Crippen molar-refractivity contribution in [2.45, 2.75) is 25.4 Å². The number of hydrogen-bond acceptors (Lipinski definition) is 3. The molecule has 4 rings (SSSR count). The van der Waals surface area contributed by atoms with E-state index in [-0.39, 0.29) is 24.8 Å². The Kier molecular flexibility index (Phi) is 9.54. The van der Waals surface area contributed by atoms with E-state index in [1.165, 1.54) is 0 Å².